The van der Waals surface area contributed by atoms with E-state index in [0.29, 0.717) is 25.9 Å². The summed E-state index contributed by atoms with van der Waals surface area (Å²) in [6.45, 7) is 6.95. The van der Waals surface area contributed by atoms with Gasteiger partial charge < -0.3 is 0 Å². The zero-order chi connectivity index (χ0) is 20.0. The predicted octanol–water partition coefficient (Wildman–Crippen LogP) is 5.49. The summed E-state index contributed by atoms with van der Waals surface area (Å²) >= 11 is 0. The van der Waals surface area contributed by atoms with Crippen molar-refractivity contribution >= 4 is 11.9 Å². The monoisotopic (exact) mass is 378 g/mol. The molecule has 5 heteroatoms. The normalized spacial score (nSPS) is 11.2. The summed E-state index contributed by atoms with van der Waals surface area (Å²) in [6.07, 6.45) is 7.05. The lowest BCUT2D eigenvalue weighted by Gasteiger charge is -2.30. The lowest BCUT2D eigenvalue weighted by molar-refractivity contribution is -1.23. The van der Waals surface area contributed by atoms with E-state index in [1.165, 1.54) is 0 Å². The average molecular weight is 379 g/mol. The zero-order valence-corrected chi connectivity index (χ0v) is 17.2. The van der Waals surface area contributed by atoms with Crippen LogP contribution in [0.1, 0.15) is 84.1 Å². The maximum atomic E-state index is 12.4. The summed E-state index contributed by atoms with van der Waals surface area (Å²) in [5, 5.41) is 0. The van der Waals surface area contributed by atoms with Gasteiger partial charge in [0.15, 0.2) is 13.1 Å². The van der Waals surface area contributed by atoms with Crippen molar-refractivity contribution in [2.24, 2.45) is 0 Å². The summed E-state index contributed by atoms with van der Waals surface area (Å²) in [6, 6.07) is 9.71. The number of hydrogen-bond donors (Lipinski definition) is 0. The second kappa shape index (κ2) is 13.3. The Morgan fingerprint density at radius 1 is 0.778 bits per heavy atom. The number of hydroxylamine groups is 4. The van der Waals surface area contributed by atoms with Crippen molar-refractivity contribution in [2.75, 3.05) is 6.54 Å². The van der Waals surface area contributed by atoms with Gasteiger partial charge in [0.05, 0.1) is 17.7 Å². The molecule has 27 heavy (non-hydrogen) atoms. The van der Waals surface area contributed by atoms with Gasteiger partial charge in [-0.15, -0.1) is 0 Å². The molecule has 0 aromatic heterocycles. The van der Waals surface area contributed by atoms with E-state index in [1.54, 1.807) is 0 Å². The smallest absolute Gasteiger partial charge is 0.245 e. The first-order valence-electron chi connectivity index (χ1n) is 10.4. The minimum atomic E-state index is -0.406. The number of benzene rings is 1. The topological polar surface area (TPSA) is 52.6 Å². The van der Waals surface area contributed by atoms with Gasteiger partial charge in [0.1, 0.15) is 0 Å². The van der Waals surface area contributed by atoms with E-state index in [9.17, 15) is 9.59 Å². The standard InChI is InChI=1S/C22H36NO4/c1-4-7-10-16-21(24)26-23(18-6-3,19-20-14-12-9-13-15-20)27-22(25)17-11-8-5-2/h9,12-15H,4-8,10-11,16-19H2,1-3H3/q+1. The Morgan fingerprint density at radius 2 is 1.30 bits per heavy atom. The SMILES string of the molecule is CCCCCC(=O)O[N+](CCC)(Cc1ccccc1)OC(=O)CCCCC. The molecule has 0 radical (unpaired) electrons. The number of hydrogen-bond acceptors (Lipinski definition) is 4. The highest BCUT2D eigenvalue weighted by molar-refractivity contribution is 5.69. The van der Waals surface area contributed by atoms with Crippen molar-refractivity contribution in [3.63, 3.8) is 0 Å². The van der Waals surface area contributed by atoms with Crippen LogP contribution in [-0.4, -0.2) is 23.3 Å². The number of unbranched alkanes of at least 4 members (excludes halogenated alkanes) is 4. The van der Waals surface area contributed by atoms with E-state index in [2.05, 4.69) is 13.8 Å². The van der Waals surface area contributed by atoms with E-state index in [-0.39, 0.29) is 11.9 Å². The summed E-state index contributed by atoms with van der Waals surface area (Å²) in [7, 11) is 0. The minimum absolute atomic E-state index is 0.311. The summed E-state index contributed by atoms with van der Waals surface area (Å²) in [5.74, 6) is -0.622. The first-order chi connectivity index (χ1) is 13.0. The summed E-state index contributed by atoms with van der Waals surface area (Å²) in [5.41, 5.74) is 0.966. The van der Waals surface area contributed by atoms with Crippen LogP contribution in [0.2, 0.25) is 0 Å². The van der Waals surface area contributed by atoms with E-state index in [1.807, 2.05) is 37.3 Å². The van der Waals surface area contributed by atoms with Crippen LogP contribution in [0.5, 0.6) is 0 Å². The number of carbonyl (C=O) groups excluding carboxylic acids is 2. The molecule has 0 spiro atoms. The van der Waals surface area contributed by atoms with Gasteiger partial charge in [0.25, 0.3) is 0 Å². The van der Waals surface area contributed by atoms with Gasteiger partial charge in [-0.2, -0.15) is 0 Å². The molecule has 1 rings (SSSR count). The highest BCUT2D eigenvalue weighted by atomic mass is 17.0. The highest BCUT2D eigenvalue weighted by Crippen LogP contribution is 2.21. The largest absolute Gasteiger partial charge is 0.372 e. The fourth-order valence-electron chi connectivity index (χ4n) is 2.96. The van der Waals surface area contributed by atoms with Crippen LogP contribution in [-0.2, 0) is 25.8 Å². The third-order valence-electron chi connectivity index (χ3n) is 4.34. The summed E-state index contributed by atoms with van der Waals surface area (Å²) < 4.78 is 0. The van der Waals surface area contributed by atoms with Crippen LogP contribution in [0.25, 0.3) is 0 Å². The van der Waals surface area contributed by atoms with Crippen LogP contribution in [0, 0.1) is 0 Å². The first-order valence-corrected chi connectivity index (χ1v) is 10.4. The van der Waals surface area contributed by atoms with Crippen molar-refractivity contribution in [1.82, 2.24) is 0 Å². The molecule has 0 amide bonds. The molecular formula is C22H36NO4+. The van der Waals surface area contributed by atoms with Crippen LogP contribution < -0.4 is 0 Å². The third-order valence-corrected chi connectivity index (χ3v) is 4.34. The lowest BCUT2D eigenvalue weighted by atomic mass is 10.2. The van der Waals surface area contributed by atoms with E-state index < -0.39 is 4.81 Å². The molecule has 0 heterocycles. The first kappa shape index (κ1) is 23.2. The van der Waals surface area contributed by atoms with E-state index in [4.69, 9.17) is 9.68 Å². The van der Waals surface area contributed by atoms with Gasteiger partial charge in [0, 0.05) is 12.0 Å². The van der Waals surface area contributed by atoms with Crippen LogP contribution >= 0.6 is 0 Å². The number of nitrogens with zero attached hydrogens (tertiary/aromatic N) is 1. The molecule has 0 saturated heterocycles. The molecule has 0 bridgehead atoms. The Bertz CT molecular complexity index is 521. The second-order valence-electron chi connectivity index (χ2n) is 7.02. The molecule has 0 aliphatic rings. The minimum Gasteiger partial charge on any atom is -0.245 e. The lowest BCUT2D eigenvalue weighted by Crippen LogP contribution is -2.50. The van der Waals surface area contributed by atoms with E-state index in [0.717, 1.165) is 50.5 Å². The molecule has 0 unspecified atom stereocenters. The van der Waals surface area contributed by atoms with Gasteiger partial charge in [-0.1, -0.05) is 76.8 Å². The molecule has 0 saturated carbocycles. The second-order valence-corrected chi connectivity index (χ2v) is 7.02. The summed E-state index contributed by atoms with van der Waals surface area (Å²) in [4.78, 5) is 35.9. The Balaban J connectivity index is 2.90. The van der Waals surface area contributed by atoms with Crippen LogP contribution in [0.15, 0.2) is 30.3 Å². The fraction of sp³-hybridized carbons (Fsp3) is 0.636. The average Bonchev–Trinajstić information content (AvgIpc) is 2.63. The molecule has 0 fully saturated rings. The van der Waals surface area contributed by atoms with Crippen molar-refractivity contribution in [2.45, 2.75) is 85.1 Å². The maximum Gasteiger partial charge on any atom is 0.372 e. The number of carbonyl (C=O) groups is 2. The van der Waals surface area contributed by atoms with Gasteiger partial charge in [-0.05, 0) is 12.8 Å². The molecule has 0 aliphatic carbocycles. The maximum absolute atomic E-state index is 12.4. The Labute approximate surface area is 164 Å². The van der Waals surface area contributed by atoms with Gasteiger partial charge in [0.2, 0.25) is 0 Å². The highest BCUT2D eigenvalue weighted by Gasteiger charge is 2.38. The van der Waals surface area contributed by atoms with Gasteiger partial charge >= 0.3 is 11.9 Å². The van der Waals surface area contributed by atoms with Crippen molar-refractivity contribution in [3.05, 3.63) is 35.9 Å². The van der Waals surface area contributed by atoms with Crippen molar-refractivity contribution in [1.29, 1.82) is 0 Å². The van der Waals surface area contributed by atoms with E-state index >= 15 is 0 Å². The fourth-order valence-corrected chi connectivity index (χ4v) is 2.96. The molecule has 0 N–H and O–H groups in total. The molecule has 152 valence electrons. The third kappa shape index (κ3) is 9.57. The Morgan fingerprint density at radius 3 is 1.74 bits per heavy atom. The Kier molecular flexibility index (Phi) is 11.4. The molecule has 5 nitrogen and oxygen atoms in total. The zero-order valence-electron chi connectivity index (χ0n) is 17.2. The van der Waals surface area contributed by atoms with Gasteiger partial charge in [-0.25, -0.2) is 19.3 Å². The Hall–Kier alpha value is -1.88. The van der Waals surface area contributed by atoms with Crippen molar-refractivity contribution < 1.29 is 24.1 Å². The van der Waals surface area contributed by atoms with Crippen LogP contribution in [0.3, 0.4) is 0 Å². The van der Waals surface area contributed by atoms with Crippen molar-refractivity contribution in [3.8, 4) is 0 Å². The molecule has 1 aromatic rings. The predicted molar refractivity (Wildman–Crippen MR) is 106 cm³/mol. The quantitative estimate of drug-likeness (QED) is 0.244. The molecule has 0 atom stereocenters. The number of quaternary nitrogens is 1. The molecule has 1 aromatic carbocycles. The molecular weight excluding hydrogens is 342 g/mol. The molecule has 0 aliphatic heterocycles. The van der Waals surface area contributed by atoms with Crippen LogP contribution in [0.4, 0.5) is 0 Å². The number of rotatable bonds is 14. The van der Waals surface area contributed by atoms with Gasteiger partial charge in [-0.3, -0.25) is 0 Å².